The lowest BCUT2D eigenvalue weighted by Crippen LogP contribution is -2.11. The summed E-state index contributed by atoms with van der Waals surface area (Å²) in [7, 11) is 1.94. The van der Waals surface area contributed by atoms with Crippen molar-refractivity contribution in [1.82, 2.24) is 14.5 Å². The number of carbonyl (C=O) groups excluding carboxylic acids is 1. The van der Waals surface area contributed by atoms with Gasteiger partial charge in [-0.3, -0.25) is 9.78 Å². The van der Waals surface area contributed by atoms with E-state index in [-0.39, 0.29) is 0 Å². The maximum absolute atomic E-state index is 11.2. The maximum Gasteiger partial charge on any atom is 0.250 e. The van der Waals surface area contributed by atoms with E-state index in [2.05, 4.69) is 9.97 Å². The highest BCUT2D eigenvalue weighted by molar-refractivity contribution is 5.97. The third-order valence-electron chi connectivity index (χ3n) is 3.10. The third kappa shape index (κ3) is 1.85. The number of nitrogens with two attached hydrogens (primary N) is 1. The Labute approximate surface area is 109 Å². The van der Waals surface area contributed by atoms with Crippen LogP contribution in [0.25, 0.3) is 22.2 Å². The van der Waals surface area contributed by atoms with E-state index in [4.69, 9.17) is 5.73 Å². The lowest BCUT2D eigenvalue weighted by Gasteiger charge is -2.05. The SMILES string of the molecule is Cn1ccc2c(-c3cncc(C(N)=O)c3)ccnc21. The minimum atomic E-state index is -0.479. The van der Waals surface area contributed by atoms with Gasteiger partial charge in [-0.2, -0.15) is 0 Å². The predicted molar refractivity (Wildman–Crippen MR) is 72.5 cm³/mol. The van der Waals surface area contributed by atoms with Crippen LogP contribution in [-0.4, -0.2) is 20.4 Å². The molecule has 0 aliphatic heterocycles. The number of primary amides is 1. The first-order valence-corrected chi connectivity index (χ1v) is 5.82. The average molecular weight is 252 g/mol. The fraction of sp³-hybridized carbons (Fsp3) is 0.0714. The summed E-state index contributed by atoms with van der Waals surface area (Å²) in [5, 5.41) is 1.02. The molecule has 94 valence electrons. The largest absolute Gasteiger partial charge is 0.366 e. The minimum Gasteiger partial charge on any atom is -0.366 e. The van der Waals surface area contributed by atoms with E-state index in [0.29, 0.717) is 5.56 Å². The second-order valence-corrected chi connectivity index (χ2v) is 4.35. The average Bonchev–Trinajstić information content (AvgIpc) is 2.81. The number of hydrogen-bond donors (Lipinski definition) is 1. The molecule has 3 aromatic heterocycles. The molecule has 0 aliphatic carbocycles. The lowest BCUT2D eigenvalue weighted by molar-refractivity contribution is 0.1000. The van der Waals surface area contributed by atoms with Crippen LogP contribution in [0, 0.1) is 0 Å². The van der Waals surface area contributed by atoms with Crippen molar-refractivity contribution >= 4 is 16.9 Å². The van der Waals surface area contributed by atoms with E-state index in [1.807, 2.05) is 29.9 Å². The Morgan fingerprint density at radius 1 is 1.32 bits per heavy atom. The van der Waals surface area contributed by atoms with Gasteiger partial charge in [-0.15, -0.1) is 0 Å². The summed E-state index contributed by atoms with van der Waals surface area (Å²) < 4.78 is 1.95. The van der Waals surface area contributed by atoms with Gasteiger partial charge in [0.2, 0.25) is 5.91 Å². The summed E-state index contributed by atoms with van der Waals surface area (Å²) in [5.41, 5.74) is 8.42. The van der Waals surface area contributed by atoms with E-state index >= 15 is 0 Å². The Bertz CT molecular complexity index is 776. The zero-order valence-corrected chi connectivity index (χ0v) is 10.4. The molecule has 0 bridgehead atoms. The molecule has 0 radical (unpaired) electrons. The molecular formula is C14H12N4O. The van der Waals surface area contributed by atoms with Crippen LogP contribution in [0.5, 0.6) is 0 Å². The first-order chi connectivity index (χ1) is 9.16. The highest BCUT2D eigenvalue weighted by Gasteiger charge is 2.09. The number of carbonyl (C=O) groups is 1. The molecule has 0 unspecified atom stereocenters. The Kier molecular flexibility index (Phi) is 2.52. The highest BCUT2D eigenvalue weighted by Crippen LogP contribution is 2.27. The summed E-state index contributed by atoms with van der Waals surface area (Å²) in [6, 6.07) is 5.65. The molecule has 5 nitrogen and oxygen atoms in total. The Morgan fingerprint density at radius 2 is 2.16 bits per heavy atom. The molecule has 0 aliphatic rings. The topological polar surface area (TPSA) is 73.8 Å². The van der Waals surface area contributed by atoms with Crippen LogP contribution in [-0.2, 0) is 7.05 Å². The van der Waals surface area contributed by atoms with E-state index in [1.54, 1.807) is 18.5 Å². The smallest absolute Gasteiger partial charge is 0.250 e. The number of nitrogens with zero attached hydrogens (tertiary/aromatic N) is 3. The minimum absolute atomic E-state index is 0.401. The predicted octanol–water partition coefficient (Wildman–Crippen LogP) is 1.73. The molecule has 1 amide bonds. The van der Waals surface area contributed by atoms with Gasteiger partial charge in [0.05, 0.1) is 5.56 Å². The van der Waals surface area contributed by atoms with Crippen molar-refractivity contribution in [3.05, 3.63) is 48.5 Å². The Morgan fingerprint density at radius 3 is 2.95 bits per heavy atom. The van der Waals surface area contributed by atoms with Crippen LogP contribution in [0.15, 0.2) is 43.0 Å². The molecule has 0 fully saturated rings. The molecule has 2 N–H and O–H groups in total. The van der Waals surface area contributed by atoms with Crippen LogP contribution in [0.4, 0.5) is 0 Å². The number of aromatic nitrogens is 3. The molecule has 0 saturated heterocycles. The van der Waals surface area contributed by atoms with Crippen molar-refractivity contribution in [2.45, 2.75) is 0 Å². The van der Waals surface area contributed by atoms with Crippen LogP contribution >= 0.6 is 0 Å². The van der Waals surface area contributed by atoms with Crippen molar-refractivity contribution in [3.8, 4) is 11.1 Å². The van der Waals surface area contributed by atoms with Gasteiger partial charge in [0.1, 0.15) is 5.65 Å². The van der Waals surface area contributed by atoms with E-state index < -0.39 is 5.91 Å². The maximum atomic E-state index is 11.2. The quantitative estimate of drug-likeness (QED) is 0.754. The molecule has 0 spiro atoms. The third-order valence-corrected chi connectivity index (χ3v) is 3.10. The molecule has 0 saturated carbocycles. The van der Waals surface area contributed by atoms with Crippen molar-refractivity contribution < 1.29 is 4.79 Å². The summed E-state index contributed by atoms with van der Waals surface area (Å²) in [6.45, 7) is 0. The van der Waals surface area contributed by atoms with Crippen LogP contribution in [0.1, 0.15) is 10.4 Å². The molecule has 3 aromatic rings. The number of aryl methyl sites for hydroxylation is 1. The van der Waals surface area contributed by atoms with Crippen LogP contribution in [0.2, 0.25) is 0 Å². The van der Waals surface area contributed by atoms with Crippen molar-refractivity contribution in [2.75, 3.05) is 0 Å². The molecule has 3 heterocycles. The summed E-state index contributed by atoms with van der Waals surface area (Å²) in [4.78, 5) is 19.6. The zero-order valence-electron chi connectivity index (χ0n) is 10.4. The van der Waals surface area contributed by atoms with Gasteiger partial charge >= 0.3 is 0 Å². The van der Waals surface area contributed by atoms with Crippen molar-refractivity contribution in [3.63, 3.8) is 0 Å². The first kappa shape index (κ1) is 11.4. The van der Waals surface area contributed by atoms with Crippen molar-refractivity contribution in [1.29, 1.82) is 0 Å². The first-order valence-electron chi connectivity index (χ1n) is 5.82. The van der Waals surface area contributed by atoms with Gasteiger partial charge in [-0.25, -0.2) is 4.98 Å². The molecule has 19 heavy (non-hydrogen) atoms. The number of hydrogen-bond acceptors (Lipinski definition) is 3. The molecule has 5 heteroatoms. The molecular weight excluding hydrogens is 240 g/mol. The van der Waals surface area contributed by atoms with Crippen LogP contribution < -0.4 is 5.73 Å². The fourth-order valence-electron chi connectivity index (χ4n) is 2.14. The van der Waals surface area contributed by atoms with Gasteiger partial charge in [0.25, 0.3) is 0 Å². The van der Waals surface area contributed by atoms with Gasteiger partial charge in [-0.05, 0) is 23.8 Å². The van der Waals surface area contributed by atoms with Gasteiger partial charge in [0, 0.05) is 42.8 Å². The zero-order chi connectivity index (χ0) is 13.4. The Hall–Kier alpha value is -2.69. The molecule has 3 rings (SSSR count). The van der Waals surface area contributed by atoms with E-state index in [0.717, 1.165) is 22.2 Å². The number of amides is 1. The van der Waals surface area contributed by atoms with Gasteiger partial charge in [0.15, 0.2) is 0 Å². The van der Waals surface area contributed by atoms with E-state index in [9.17, 15) is 4.79 Å². The number of fused-ring (bicyclic) bond motifs is 1. The molecule has 0 aromatic carbocycles. The summed E-state index contributed by atoms with van der Waals surface area (Å²) >= 11 is 0. The highest BCUT2D eigenvalue weighted by atomic mass is 16.1. The van der Waals surface area contributed by atoms with Crippen LogP contribution in [0.3, 0.4) is 0 Å². The van der Waals surface area contributed by atoms with Gasteiger partial charge in [-0.1, -0.05) is 0 Å². The second-order valence-electron chi connectivity index (χ2n) is 4.35. The Balaban J connectivity index is 2.24. The van der Waals surface area contributed by atoms with Crippen molar-refractivity contribution in [2.24, 2.45) is 12.8 Å². The second kappa shape index (κ2) is 4.20. The number of pyridine rings is 2. The lowest BCUT2D eigenvalue weighted by atomic mass is 10.0. The molecule has 0 atom stereocenters. The summed E-state index contributed by atoms with van der Waals surface area (Å²) in [5.74, 6) is -0.479. The standard InChI is InChI=1S/C14H12N4O/c1-18-5-3-12-11(2-4-17-14(12)18)9-6-10(13(15)19)8-16-7-9/h2-8H,1H3,(H2,15,19). The summed E-state index contributed by atoms with van der Waals surface area (Å²) in [6.07, 6.45) is 6.88. The van der Waals surface area contributed by atoms with Gasteiger partial charge < -0.3 is 10.3 Å². The number of rotatable bonds is 2. The fourth-order valence-corrected chi connectivity index (χ4v) is 2.14. The normalized spacial score (nSPS) is 10.8. The monoisotopic (exact) mass is 252 g/mol. The van der Waals surface area contributed by atoms with E-state index in [1.165, 1.54) is 6.20 Å².